The van der Waals surface area contributed by atoms with Gasteiger partial charge >= 0.3 is 0 Å². The lowest BCUT2D eigenvalue weighted by Gasteiger charge is -2.37. The number of imide groups is 2. The minimum Gasteiger partial charge on any atom is -0.369 e. The average molecular weight is 454 g/mol. The van der Waals surface area contributed by atoms with Gasteiger partial charge in [0.05, 0.1) is 11.1 Å². The smallest absolute Gasteiger partial charge is 0.262 e. The first-order chi connectivity index (χ1) is 16.0. The van der Waals surface area contributed by atoms with Crippen LogP contribution in [-0.2, 0) is 9.59 Å². The second kappa shape index (κ2) is 9.23. The highest BCUT2D eigenvalue weighted by atomic mass is 16.2. The summed E-state index contributed by atoms with van der Waals surface area (Å²) in [6.07, 6.45) is 4.10. The first kappa shape index (κ1) is 22.0. The van der Waals surface area contributed by atoms with E-state index in [9.17, 15) is 19.2 Å². The quantitative estimate of drug-likeness (QED) is 0.630. The Kier molecular flexibility index (Phi) is 6.16. The van der Waals surface area contributed by atoms with Crippen LogP contribution in [0.25, 0.3) is 0 Å². The number of amides is 4. The molecule has 2 N–H and O–H groups in total. The maximum Gasteiger partial charge on any atom is 0.262 e. The van der Waals surface area contributed by atoms with E-state index in [4.69, 9.17) is 0 Å². The summed E-state index contributed by atoms with van der Waals surface area (Å²) in [5, 5.41) is 5.66. The van der Waals surface area contributed by atoms with Crippen molar-refractivity contribution >= 4 is 29.3 Å². The van der Waals surface area contributed by atoms with Crippen LogP contribution in [0.3, 0.4) is 0 Å². The van der Waals surface area contributed by atoms with Crippen LogP contribution < -0.4 is 15.5 Å². The Morgan fingerprint density at radius 2 is 1.61 bits per heavy atom. The number of hydrogen-bond acceptors (Lipinski definition) is 7. The highest BCUT2D eigenvalue weighted by Crippen LogP contribution is 2.31. The van der Waals surface area contributed by atoms with Gasteiger partial charge in [-0.05, 0) is 69.4 Å². The number of rotatable bonds is 5. The molecular weight excluding hydrogens is 422 g/mol. The molecule has 0 unspecified atom stereocenters. The maximum absolute atomic E-state index is 13.1. The van der Waals surface area contributed by atoms with Crippen LogP contribution in [0.2, 0.25) is 0 Å². The standard InChI is InChI=1S/C24H31N5O4/c30-21-4-3-20(22(31)26-21)29-23(32)18-2-1-17(15-19(18)24(29)33)28-13-11-27(12-14-28)10-7-16-5-8-25-9-6-16/h1-2,15-16,20,25H,3-14H2,(H,26,30,31)/t20-/m0/s1. The van der Waals surface area contributed by atoms with Gasteiger partial charge in [0.25, 0.3) is 11.8 Å². The van der Waals surface area contributed by atoms with Crippen LogP contribution in [0.1, 0.15) is 52.8 Å². The van der Waals surface area contributed by atoms with Gasteiger partial charge in [-0.3, -0.25) is 34.3 Å². The van der Waals surface area contributed by atoms with Crippen molar-refractivity contribution in [3.05, 3.63) is 29.3 Å². The van der Waals surface area contributed by atoms with Crippen molar-refractivity contribution in [3.8, 4) is 0 Å². The van der Waals surface area contributed by atoms with Crippen molar-refractivity contribution in [1.29, 1.82) is 0 Å². The summed E-state index contributed by atoms with van der Waals surface area (Å²) in [6.45, 7) is 7.14. The van der Waals surface area contributed by atoms with E-state index < -0.39 is 23.8 Å². The van der Waals surface area contributed by atoms with Gasteiger partial charge in [0.1, 0.15) is 6.04 Å². The molecule has 4 amide bonds. The molecule has 0 aromatic heterocycles. The lowest BCUT2D eigenvalue weighted by molar-refractivity contribution is -0.136. The van der Waals surface area contributed by atoms with Gasteiger partial charge in [-0.25, -0.2) is 0 Å². The van der Waals surface area contributed by atoms with E-state index in [1.165, 1.54) is 19.3 Å². The van der Waals surface area contributed by atoms with Crippen LogP contribution in [0.15, 0.2) is 18.2 Å². The van der Waals surface area contributed by atoms with Gasteiger partial charge in [0, 0.05) is 38.3 Å². The first-order valence-corrected chi connectivity index (χ1v) is 12.0. The van der Waals surface area contributed by atoms with E-state index in [0.717, 1.165) is 62.3 Å². The molecule has 1 aromatic rings. The molecule has 4 aliphatic heterocycles. The summed E-state index contributed by atoms with van der Waals surface area (Å²) in [6, 6.07) is 4.44. The van der Waals surface area contributed by atoms with E-state index in [1.807, 2.05) is 6.07 Å². The van der Waals surface area contributed by atoms with Crippen molar-refractivity contribution in [2.75, 3.05) is 50.7 Å². The highest BCUT2D eigenvalue weighted by Gasteiger charge is 2.44. The number of hydrogen-bond donors (Lipinski definition) is 2. The van der Waals surface area contributed by atoms with Gasteiger partial charge in [0.15, 0.2) is 0 Å². The fraction of sp³-hybridized carbons (Fsp3) is 0.583. The third-order valence-corrected chi connectivity index (χ3v) is 7.47. The molecule has 0 aliphatic carbocycles. The molecule has 0 saturated carbocycles. The van der Waals surface area contributed by atoms with Gasteiger partial charge in [-0.2, -0.15) is 0 Å². The second-order valence-corrected chi connectivity index (χ2v) is 9.49. The van der Waals surface area contributed by atoms with Crippen LogP contribution >= 0.6 is 0 Å². The van der Waals surface area contributed by atoms with Gasteiger partial charge in [0.2, 0.25) is 11.8 Å². The Morgan fingerprint density at radius 3 is 2.33 bits per heavy atom. The van der Waals surface area contributed by atoms with Crippen molar-refractivity contribution in [3.63, 3.8) is 0 Å². The molecule has 9 nitrogen and oxygen atoms in total. The lowest BCUT2D eigenvalue weighted by atomic mass is 9.94. The van der Waals surface area contributed by atoms with Crippen LogP contribution in [0, 0.1) is 5.92 Å². The number of piperazine rings is 1. The zero-order valence-corrected chi connectivity index (χ0v) is 18.8. The maximum atomic E-state index is 13.1. The molecule has 5 rings (SSSR count). The zero-order chi connectivity index (χ0) is 22.9. The molecule has 1 aromatic carbocycles. The molecule has 176 valence electrons. The topological polar surface area (TPSA) is 102 Å². The molecule has 9 heteroatoms. The number of nitrogens with zero attached hydrogens (tertiary/aromatic N) is 3. The molecular formula is C24H31N5O4. The Morgan fingerprint density at radius 1 is 0.879 bits per heavy atom. The molecule has 3 fully saturated rings. The Bertz CT molecular complexity index is 966. The monoisotopic (exact) mass is 453 g/mol. The van der Waals surface area contributed by atoms with E-state index >= 15 is 0 Å². The Balaban J connectivity index is 1.21. The lowest BCUT2D eigenvalue weighted by Crippen LogP contribution is -2.54. The number of anilines is 1. The number of nitrogens with one attached hydrogen (secondary N) is 2. The molecule has 3 saturated heterocycles. The number of piperidine rings is 2. The van der Waals surface area contributed by atoms with Crippen molar-refractivity contribution in [1.82, 2.24) is 20.4 Å². The normalized spacial score (nSPS) is 24.9. The van der Waals surface area contributed by atoms with Crippen LogP contribution in [0.5, 0.6) is 0 Å². The molecule has 1 atom stereocenters. The average Bonchev–Trinajstić information content (AvgIpc) is 3.08. The SMILES string of the molecule is O=C1CC[C@H](N2C(=O)c3ccc(N4CCN(CCC5CCNCC5)CC4)cc3C2=O)C(=O)N1. The molecule has 0 radical (unpaired) electrons. The second-order valence-electron chi connectivity index (χ2n) is 9.49. The van der Waals surface area contributed by atoms with E-state index in [0.29, 0.717) is 11.1 Å². The minimum atomic E-state index is -0.929. The van der Waals surface area contributed by atoms with Crippen molar-refractivity contribution in [2.24, 2.45) is 5.92 Å². The van der Waals surface area contributed by atoms with Gasteiger partial charge < -0.3 is 10.2 Å². The van der Waals surface area contributed by atoms with E-state index in [1.54, 1.807) is 12.1 Å². The number of benzene rings is 1. The summed E-state index contributed by atoms with van der Waals surface area (Å²) in [7, 11) is 0. The van der Waals surface area contributed by atoms with Gasteiger partial charge in [-0.15, -0.1) is 0 Å². The predicted molar refractivity (Wildman–Crippen MR) is 122 cm³/mol. The number of fused-ring (bicyclic) bond motifs is 1. The van der Waals surface area contributed by atoms with Crippen LogP contribution in [0.4, 0.5) is 5.69 Å². The molecule has 4 aliphatic rings. The third kappa shape index (κ3) is 4.39. The van der Waals surface area contributed by atoms with E-state index in [-0.39, 0.29) is 18.7 Å². The summed E-state index contributed by atoms with van der Waals surface area (Å²) in [5.41, 5.74) is 1.60. The summed E-state index contributed by atoms with van der Waals surface area (Å²) >= 11 is 0. The molecule has 0 bridgehead atoms. The third-order valence-electron chi connectivity index (χ3n) is 7.47. The minimum absolute atomic E-state index is 0.122. The number of carbonyl (C=O) groups excluding carboxylic acids is 4. The first-order valence-electron chi connectivity index (χ1n) is 12.0. The highest BCUT2D eigenvalue weighted by molar-refractivity contribution is 6.23. The summed E-state index contributed by atoms with van der Waals surface area (Å²) < 4.78 is 0. The van der Waals surface area contributed by atoms with Crippen molar-refractivity contribution in [2.45, 2.75) is 38.1 Å². The Hall–Kier alpha value is -2.78. The summed E-state index contributed by atoms with van der Waals surface area (Å²) in [5.74, 6) is -1.03. The van der Waals surface area contributed by atoms with Crippen molar-refractivity contribution < 1.29 is 19.2 Å². The molecule has 4 heterocycles. The van der Waals surface area contributed by atoms with Crippen LogP contribution in [-0.4, -0.2) is 85.3 Å². The fourth-order valence-electron chi connectivity index (χ4n) is 5.42. The summed E-state index contributed by atoms with van der Waals surface area (Å²) in [4.78, 5) is 55.4. The van der Waals surface area contributed by atoms with E-state index in [2.05, 4.69) is 20.4 Å². The largest absolute Gasteiger partial charge is 0.369 e. The zero-order valence-electron chi connectivity index (χ0n) is 18.8. The fourth-order valence-corrected chi connectivity index (χ4v) is 5.42. The Labute approximate surface area is 193 Å². The molecule has 33 heavy (non-hydrogen) atoms. The molecule has 0 spiro atoms. The number of carbonyl (C=O) groups is 4. The van der Waals surface area contributed by atoms with Gasteiger partial charge in [-0.1, -0.05) is 0 Å². The predicted octanol–water partition coefficient (Wildman–Crippen LogP) is 0.600.